The van der Waals surface area contributed by atoms with E-state index in [1.54, 1.807) is 0 Å². The van der Waals surface area contributed by atoms with Crippen LogP contribution < -0.4 is 4.72 Å². The number of carboxylic acid groups (broad SMARTS) is 1. The largest absolute Gasteiger partial charge is 0.481 e. The topological polar surface area (TPSA) is 104 Å². The zero-order valence-electron chi connectivity index (χ0n) is 11.0. The lowest BCUT2D eigenvalue weighted by Gasteiger charge is -2.30. The van der Waals surface area contributed by atoms with Gasteiger partial charge in [-0.25, -0.2) is 13.1 Å². The van der Waals surface area contributed by atoms with Crippen molar-refractivity contribution in [1.29, 1.82) is 0 Å². The number of hydrogen-bond acceptors (Lipinski definition) is 4. The minimum absolute atomic E-state index is 0.103. The first-order valence-electron chi connectivity index (χ1n) is 6.74. The lowest BCUT2D eigenvalue weighted by atomic mass is 9.80. The fraction of sp³-hybridized carbons (Fsp3) is 0.917. The highest BCUT2D eigenvalue weighted by Gasteiger charge is 2.25. The summed E-state index contributed by atoms with van der Waals surface area (Å²) >= 11 is 0. The predicted molar refractivity (Wildman–Crippen MR) is 71.2 cm³/mol. The zero-order valence-corrected chi connectivity index (χ0v) is 11.9. The van der Waals surface area contributed by atoms with Gasteiger partial charge in [-0.05, 0) is 31.1 Å². The number of hydrogen-bond donors (Lipinski definition) is 3. The van der Waals surface area contributed by atoms with Gasteiger partial charge in [0.25, 0.3) is 0 Å². The van der Waals surface area contributed by atoms with Crippen LogP contribution in [0.1, 0.15) is 38.5 Å². The van der Waals surface area contributed by atoms with E-state index in [0.29, 0.717) is 6.54 Å². The molecule has 0 spiro atoms. The highest BCUT2D eigenvalue weighted by Crippen LogP contribution is 2.29. The molecule has 1 fully saturated rings. The van der Waals surface area contributed by atoms with Gasteiger partial charge in [0, 0.05) is 19.6 Å². The average Bonchev–Trinajstić information content (AvgIpc) is 2.36. The molecule has 0 heterocycles. The summed E-state index contributed by atoms with van der Waals surface area (Å²) in [6, 6.07) is 0. The molecule has 1 aliphatic carbocycles. The van der Waals surface area contributed by atoms with Gasteiger partial charge in [0.1, 0.15) is 0 Å². The van der Waals surface area contributed by atoms with Crippen LogP contribution in [0.2, 0.25) is 0 Å². The van der Waals surface area contributed by atoms with E-state index in [9.17, 15) is 18.3 Å². The quantitative estimate of drug-likeness (QED) is 0.607. The van der Waals surface area contributed by atoms with Crippen molar-refractivity contribution < 1.29 is 23.4 Å². The first kappa shape index (κ1) is 16.4. The van der Waals surface area contributed by atoms with E-state index >= 15 is 0 Å². The van der Waals surface area contributed by atoms with E-state index in [-0.39, 0.29) is 37.0 Å². The van der Waals surface area contributed by atoms with Gasteiger partial charge in [0.05, 0.1) is 5.75 Å². The standard InChI is InChI=1S/C12H23NO5S/c14-9-11-5-2-1-4-10(11)8-13-19(17,18)7-3-6-12(15)16/h10-11,13-14H,1-9H2,(H,15,16). The smallest absolute Gasteiger partial charge is 0.303 e. The number of carbonyl (C=O) groups is 1. The third-order valence-electron chi connectivity index (χ3n) is 3.67. The molecule has 0 aromatic rings. The molecule has 1 aliphatic rings. The molecule has 0 aromatic carbocycles. The fourth-order valence-corrected chi connectivity index (χ4v) is 3.65. The van der Waals surface area contributed by atoms with Crippen molar-refractivity contribution in [3.05, 3.63) is 0 Å². The molecule has 0 radical (unpaired) electrons. The molecule has 0 aromatic heterocycles. The maximum Gasteiger partial charge on any atom is 0.303 e. The highest BCUT2D eigenvalue weighted by molar-refractivity contribution is 7.89. The molecule has 0 bridgehead atoms. The van der Waals surface area contributed by atoms with Gasteiger partial charge < -0.3 is 10.2 Å². The van der Waals surface area contributed by atoms with Crippen molar-refractivity contribution in [1.82, 2.24) is 4.72 Å². The Morgan fingerprint density at radius 2 is 1.84 bits per heavy atom. The van der Waals surface area contributed by atoms with Crippen molar-refractivity contribution >= 4 is 16.0 Å². The first-order valence-corrected chi connectivity index (χ1v) is 8.40. The maximum atomic E-state index is 11.7. The minimum Gasteiger partial charge on any atom is -0.481 e. The Morgan fingerprint density at radius 3 is 2.42 bits per heavy atom. The van der Waals surface area contributed by atoms with Crippen LogP contribution in [0.15, 0.2) is 0 Å². The molecule has 6 nitrogen and oxygen atoms in total. The Morgan fingerprint density at radius 1 is 1.21 bits per heavy atom. The normalized spacial score (nSPS) is 24.3. The monoisotopic (exact) mass is 293 g/mol. The van der Waals surface area contributed by atoms with Gasteiger partial charge in [-0.1, -0.05) is 12.8 Å². The van der Waals surface area contributed by atoms with Gasteiger partial charge in [-0.2, -0.15) is 0 Å². The summed E-state index contributed by atoms with van der Waals surface area (Å²) in [6.45, 7) is 0.450. The van der Waals surface area contributed by atoms with E-state index in [0.717, 1.165) is 25.7 Å². The maximum absolute atomic E-state index is 11.7. The molecule has 0 amide bonds. The second-order valence-electron chi connectivity index (χ2n) is 5.15. The summed E-state index contributed by atoms with van der Waals surface area (Å²) in [6.07, 6.45) is 4.03. The van der Waals surface area contributed by atoms with Gasteiger partial charge in [0.15, 0.2) is 0 Å². The van der Waals surface area contributed by atoms with Gasteiger partial charge in [0.2, 0.25) is 10.0 Å². The number of carboxylic acids is 1. The van der Waals surface area contributed by atoms with Crippen LogP contribution in [0.25, 0.3) is 0 Å². The number of nitrogens with one attached hydrogen (secondary N) is 1. The second kappa shape index (κ2) is 7.81. The predicted octanol–water partition coefficient (Wildman–Crippen LogP) is 0.569. The molecule has 7 heteroatoms. The number of rotatable bonds is 8. The lowest BCUT2D eigenvalue weighted by Crippen LogP contribution is -2.36. The lowest BCUT2D eigenvalue weighted by molar-refractivity contribution is -0.137. The van der Waals surface area contributed by atoms with Crippen LogP contribution in [-0.4, -0.2) is 43.5 Å². The number of aliphatic hydroxyl groups is 1. The Hall–Kier alpha value is -0.660. The molecule has 112 valence electrons. The summed E-state index contributed by atoms with van der Waals surface area (Å²) in [5, 5.41) is 17.7. The minimum atomic E-state index is -3.40. The zero-order chi connectivity index (χ0) is 14.3. The number of sulfonamides is 1. The van der Waals surface area contributed by atoms with E-state index in [4.69, 9.17) is 5.11 Å². The van der Waals surface area contributed by atoms with Crippen molar-refractivity contribution in [2.75, 3.05) is 18.9 Å². The van der Waals surface area contributed by atoms with E-state index in [2.05, 4.69) is 4.72 Å². The third-order valence-corrected chi connectivity index (χ3v) is 5.10. The number of aliphatic carboxylic acids is 1. The summed E-state index contributed by atoms with van der Waals surface area (Å²) in [7, 11) is -3.40. The molecule has 0 aliphatic heterocycles. The van der Waals surface area contributed by atoms with Gasteiger partial charge >= 0.3 is 5.97 Å². The first-order chi connectivity index (χ1) is 8.94. The van der Waals surface area contributed by atoms with Gasteiger partial charge in [-0.15, -0.1) is 0 Å². The highest BCUT2D eigenvalue weighted by atomic mass is 32.2. The molecule has 3 N–H and O–H groups in total. The van der Waals surface area contributed by atoms with Crippen molar-refractivity contribution in [3.63, 3.8) is 0 Å². The SMILES string of the molecule is O=C(O)CCCS(=O)(=O)NCC1CCCCC1CO. The van der Waals surface area contributed by atoms with Gasteiger partial charge in [-0.3, -0.25) is 4.79 Å². The summed E-state index contributed by atoms with van der Waals surface area (Å²) in [4.78, 5) is 10.3. The van der Waals surface area contributed by atoms with Crippen molar-refractivity contribution in [3.8, 4) is 0 Å². The van der Waals surface area contributed by atoms with Crippen LogP contribution in [0.4, 0.5) is 0 Å². The number of aliphatic hydroxyl groups excluding tert-OH is 1. The van der Waals surface area contributed by atoms with Crippen LogP contribution in [-0.2, 0) is 14.8 Å². The Labute approximate surface area is 114 Å². The van der Waals surface area contributed by atoms with E-state index in [1.165, 1.54) is 0 Å². The van der Waals surface area contributed by atoms with Crippen LogP contribution in [0.3, 0.4) is 0 Å². The molecule has 19 heavy (non-hydrogen) atoms. The molecule has 1 saturated carbocycles. The molecule has 2 atom stereocenters. The van der Waals surface area contributed by atoms with Crippen LogP contribution in [0, 0.1) is 11.8 Å². The third kappa shape index (κ3) is 6.35. The molecule has 0 saturated heterocycles. The molecule has 1 rings (SSSR count). The fourth-order valence-electron chi connectivity index (χ4n) is 2.51. The van der Waals surface area contributed by atoms with Crippen LogP contribution >= 0.6 is 0 Å². The Bertz CT molecular complexity index is 382. The Kier molecular flexibility index (Phi) is 6.74. The average molecular weight is 293 g/mol. The van der Waals surface area contributed by atoms with Crippen molar-refractivity contribution in [2.45, 2.75) is 38.5 Å². The summed E-state index contributed by atoms with van der Waals surface area (Å²) in [5.41, 5.74) is 0. The Balaban J connectivity index is 2.34. The molecular formula is C12H23NO5S. The summed E-state index contributed by atoms with van der Waals surface area (Å²) in [5.74, 6) is -0.776. The van der Waals surface area contributed by atoms with E-state index in [1.807, 2.05) is 0 Å². The van der Waals surface area contributed by atoms with Crippen molar-refractivity contribution in [2.24, 2.45) is 11.8 Å². The molecular weight excluding hydrogens is 270 g/mol. The summed E-state index contributed by atoms with van der Waals surface area (Å²) < 4.78 is 25.9. The second-order valence-corrected chi connectivity index (χ2v) is 7.08. The molecule has 2 unspecified atom stereocenters. The van der Waals surface area contributed by atoms with Crippen LogP contribution in [0.5, 0.6) is 0 Å². The van der Waals surface area contributed by atoms with E-state index < -0.39 is 16.0 Å².